The number of aliphatic hydroxyl groups is 1. The molecular formula is C72H140O17P2. The molecule has 17 nitrogen and oxygen atoms in total. The summed E-state index contributed by atoms with van der Waals surface area (Å²) < 4.78 is 68.4. The Labute approximate surface area is 556 Å². The smallest absolute Gasteiger partial charge is 0.462 e. The lowest BCUT2D eigenvalue weighted by Crippen LogP contribution is -2.30. The number of rotatable bonds is 69. The van der Waals surface area contributed by atoms with Gasteiger partial charge in [0.2, 0.25) is 0 Å². The van der Waals surface area contributed by atoms with Crippen LogP contribution in [0, 0.1) is 23.7 Å². The van der Waals surface area contributed by atoms with Crippen molar-refractivity contribution in [3.05, 3.63) is 0 Å². The first-order chi connectivity index (χ1) is 43.7. The van der Waals surface area contributed by atoms with Crippen LogP contribution in [0.25, 0.3) is 0 Å². The van der Waals surface area contributed by atoms with Crippen LogP contribution in [0.4, 0.5) is 0 Å². The Balaban J connectivity index is 5.27. The fourth-order valence-corrected chi connectivity index (χ4v) is 12.4. The number of phosphoric ester groups is 2. The van der Waals surface area contributed by atoms with Crippen LogP contribution < -0.4 is 0 Å². The Morgan fingerprint density at radius 3 is 0.780 bits per heavy atom. The molecule has 0 aliphatic carbocycles. The van der Waals surface area contributed by atoms with E-state index in [9.17, 15) is 43.2 Å². The molecular weight excluding hydrogens is 1200 g/mol. The largest absolute Gasteiger partial charge is 0.472 e. The maximum Gasteiger partial charge on any atom is 0.472 e. The van der Waals surface area contributed by atoms with Gasteiger partial charge in [0.25, 0.3) is 0 Å². The molecule has 0 bridgehead atoms. The second-order valence-corrected chi connectivity index (χ2v) is 30.3. The summed E-state index contributed by atoms with van der Waals surface area (Å²) in [6, 6.07) is 0. The SMILES string of the molecule is CCC(C)CCCCCCCCCCCCC(=O)O[C@H](COC(=O)CCCCCCCCC(C)CC)COP(=O)(O)OC[C@H](O)COP(=O)(O)OC[C@@H](COC(=O)CCCCCCCCCCCC(C)C)OC(=O)CCCCCCCCCCCCCCC(C)C. The van der Waals surface area contributed by atoms with Gasteiger partial charge in [-0.3, -0.25) is 37.3 Å². The van der Waals surface area contributed by atoms with Crippen LogP contribution in [0.15, 0.2) is 0 Å². The molecule has 0 saturated heterocycles. The number of aliphatic hydroxyl groups excluding tert-OH is 1. The highest BCUT2D eigenvalue weighted by atomic mass is 31.2. The molecule has 0 aromatic carbocycles. The van der Waals surface area contributed by atoms with Crippen LogP contribution in [0.2, 0.25) is 0 Å². The van der Waals surface area contributed by atoms with E-state index in [-0.39, 0.29) is 25.7 Å². The van der Waals surface area contributed by atoms with E-state index in [0.717, 1.165) is 120 Å². The van der Waals surface area contributed by atoms with Gasteiger partial charge < -0.3 is 33.8 Å². The van der Waals surface area contributed by atoms with Crippen molar-refractivity contribution in [1.82, 2.24) is 0 Å². The highest BCUT2D eigenvalue weighted by Gasteiger charge is 2.30. The zero-order valence-corrected chi connectivity index (χ0v) is 61.3. The molecule has 0 aliphatic heterocycles. The molecule has 0 spiro atoms. The standard InChI is InChI=1S/C72H140O17P2/c1-9-64(7)50-42-34-26-20-15-16-22-29-39-47-55-72(77)89-68(59-83-70(75)53-45-37-31-30-35-43-51-65(8)10-2)61-87-91(80,81)85-57-66(73)56-84-90(78,79)86-60-67(58-82-69(74)52-44-36-27-23-17-19-25-33-41-49-63(5)6)88-71(76)54-46-38-28-21-14-12-11-13-18-24-32-40-48-62(3)4/h62-68,73H,9-61H2,1-8H3,(H,78,79)(H,80,81)/t64?,65?,66-,67-,68-/m1/s1. The number of ether oxygens (including phenoxy) is 4. The molecule has 0 heterocycles. The van der Waals surface area contributed by atoms with Crippen molar-refractivity contribution < 1.29 is 80.2 Å². The molecule has 7 atom stereocenters. The van der Waals surface area contributed by atoms with Crippen molar-refractivity contribution in [3.63, 3.8) is 0 Å². The van der Waals surface area contributed by atoms with Gasteiger partial charge in [0, 0.05) is 25.7 Å². The number of unbranched alkanes of at least 4 members (excludes halogenated alkanes) is 33. The second-order valence-electron chi connectivity index (χ2n) is 27.4. The quantitative estimate of drug-likeness (QED) is 0.0222. The summed E-state index contributed by atoms with van der Waals surface area (Å²) in [5.74, 6) is 0.927. The summed E-state index contributed by atoms with van der Waals surface area (Å²) in [4.78, 5) is 72.6. The molecule has 91 heavy (non-hydrogen) atoms. The number of esters is 4. The number of hydrogen-bond acceptors (Lipinski definition) is 15. The molecule has 0 radical (unpaired) electrons. The summed E-state index contributed by atoms with van der Waals surface area (Å²) in [6.07, 6.45) is 44.3. The molecule has 4 unspecified atom stereocenters. The zero-order chi connectivity index (χ0) is 67.5. The molecule has 19 heteroatoms. The molecule has 540 valence electrons. The van der Waals surface area contributed by atoms with Crippen LogP contribution in [0.1, 0.15) is 357 Å². The van der Waals surface area contributed by atoms with E-state index in [2.05, 4.69) is 55.4 Å². The molecule has 0 fully saturated rings. The van der Waals surface area contributed by atoms with E-state index in [1.165, 1.54) is 154 Å². The monoisotopic (exact) mass is 1340 g/mol. The lowest BCUT2D eigenvalue weighted by molar-refractivity contribution is -0.161. The second kappa shape index (κ2) is 61.6. The lowest BCUT2D eigenvalue weighted by atomic mass is 9.99. The Morgan fingerprint density at radius 1 is 0.308 bits per heavy atom. The average molecular weight is 1340 g/mol. The van der Waals surface area contributed by atoms with Crippen LogP contribution in [-0.2, 0) is 65.4 Å². The first-order valence-corrected chi connectivity index (χ1v) is 40.3. The Hall–Kier alpha value is -1.94. The van der Waals surface area contributed by atoms with Crippen molar-refractivity contribution in [2.45, 2.75) is 375 Å². The summed E-state index contributed by atoms with van der Waals surface area (Å²) in [7, 11) is -9.91. The molecule has 0 aromatic rings. The summed E-state index contributed by atoms with van der Waals surface area (Å²) in [5, 5.41) is 10.6. The van der Waals surface area contributed by atoms with Crippen molar-refractivity contribution in [2.24, 2.45) is 23.7 Å². The van der Waals surface area contributed by atoms with Crippen molar-refractivity contribution in [1.29, 1.82) is 0 Å². The Morgan fingerprint density at radius 2 is 0.527 bits per heavy atom. The first kappa shape index (κ1) is 89.1. The van der Waals surface area contributed by atoms with Gasteiger partial charge >= 0.3 is 39.5 Å². The van der Waals surface area contributed by atoms with Gasteiger partial charge in [0.05, 0.1) is 26.4 Å². The number of hydrogen-bond donors (Lipinski definition) is 3. The van der Waals surface area contributed by atoms with Gasteiger partial charge in [-0.05, 0) is 49.4 Å². The fraction of sp³-hybridized carbons (Fsp3) is 0.944. The van der Waals surface area contributed by atoms with Gasteiger partial charge in [-0.2, -0.15) is 0 Å². The van der Waals surface area contributed by atoms with Crippen LogP contribution in [-0.4, -0.2) is 96.7 Å². The van der Waals surface area contributed by atoms with Crippen LogP contribution in [0.5, 0.6) is 0 Å². The molecule has 0 saturated carbocycles. The summed E-state index contributed by atoms with van der Waals surface area (Å²) in [6.45, 7) is 14.1. The van der Waals surface area contributed by atoms with E-state index in [1.807, 2.05) is 0 Å². The third kappa shape index (κ3) is 63.9. The molecule has 0 rings (SSSR count). The molecule has 0 aliphatic rings. The van der Waals surface area contributed by atoms with Crippen molar-refractivity contribution in [3.8, 4) is 0 Å². The van der Waals surface area contributed by atoms with Gasteiger partial charge in [-0.15, -0.1) is 0 Å². The minimum absolute atomic E-state index is 0.105. The van der Waals surface area contributed by atoms with Crippen LogP contribution >= 0.6 is 15.6 Å². The topological polar surface area (TPSA) is 237 Å². The maximum atomic E-state index is 13.0. The minimum atomic E-state index is -4.95. The van der Waals surface area contributed by atoms with Gasteiger partial charge in [-0.1, -0.05) is 306 Å². The minimum Gasteiger partial charge on any atom is -0.462 e. The van der Waals surface area contributed by atoms with Gasteiger partial charge in [0.1, 0.15) is 19.3 Å². The maximum absolute atomic E-state index is 13.0. The number of phosphoric acid groups is 2. The van der Waals surface area contributed by atoms with Crippen LogP contribution in [0.3, 0.4) is 0 Å². The Bertz CT molecular complexity index is 1800. The fourth-order valence-electron chi connectivity index (χ4n) is 10.8. The Kier molecular flexibility index (Phi) is 60.3. The van der Waals surface area contributed by atoms with Gasteiger partial charge in [-0.25, -0.2) is 9.13 Å². The van der Waals surface area contributed by atoms with Crippen molar-refractivity contribution >= 4 is 39.5 Å². The predicted octanol–water partition coefficient (Wildman–Crippen LogP) is 20.5. The third-order valence-electron chi connectivity index (χ3n) is 17.3. The number of carbonyl (C=O) groups is 4. The lowest BCUT2D eigenvalue weighted by Gasteiger charge is -2.21. The van der Waals surface area contributed by atoms with E-state index in [1.54, 1.807) is 0 Å². The average Bonchev–Trinajstić information content (AvgIpc) is 3.72. The zero-order valence-electron chi connectivity index (χ0n) is 59.5. The first-order valence-electron chi connectivity index (χ1n) is 37.3. The normalized spacial score (nSPS) is 14.8. The molecule has 0 aromatic heterocycles. The predicted molar refractivity (Wildman–Crippen MR) is 367 cm³/mol. The highest BCUT2D eigenvalue weighted by Crippen LogP contribution is 2.45. The van der Waals surface area contributed by atoms with E-state index in [4.69, 9.17) is 37.0 Å². The summed E-state index contributed by atoms with van der Waals surface area (Å²) >= 11 is 0. The molecule has 0 amide bonds. The van der Waals surface area contributed by atoms with E-state index >= 15 is 0 Å². The van der Waals surface area contributed by atoms with Gasteiger partial charge in [0.15, 0.2) is 12.2 Å². The highest BCUT2D eigenvalue weighted by molar-refractivity contribution is 7.47. The molecule has 3 N–H and O–H groups in total. The van der Waals surface area contributed by atoms with Crippen molar-refractivity contribution in [2.75, 3.05) is 39.6 Å². The summed E-state index contributed by atoms with van der Waals surface area (Å²) in [5.41, 5.74) is 0. The number of carbonyl (C=O) groups excluding carboxylic acids is 4. The third-order valence-corrected chi connectivity index (χ3v) is 19.2. The van der Waals surface area contributed by atoms with E-state index in [0.29, 0.717) is 25.7 Å². The van der Waals surface area contributed by atoms with E-state index < -0.39 is 97.5 Å².